The Morgan fingerprint density at radius 1 is 1.12 bits per heavy atom. The molecule has 25 heavy (non-hydrogen) atoms. The minimum Gasteiger partial charge on any atom is -0.326 e. The van der Waals surface area contributed by atoms with Crippen LogP contribution in [0.15, 0.2) is 29.4 Å². The summed E-state index contributed by atoms with van der Waals surface area (Å²) in [5.41, 5.74) is 4.56. The highest BCUT2D eigenvalue weighted by molar-refractivity contribution is 6.01. The molecule has 1 fully saturated rings. The maximum absolute atomic E-state index is 12.2. The SMILES string of the molecule is C/C(=N/NC(=O)C1CCCCC1)c1cccc(NC(=O)C(C)(C)C)c1. The van der Waals surface area contributed by atoms with E-state index in [9.17, 15) is 9.59 Å². The highest BCUT2D eigenvalue weighted by Crippen LogP contribution is 2.23. The van der Waals surface area contributed by atoms with Gasteiger partial charge in [0.2, 0.25) is 11.8 Å². The maximum Gasteiger partial charge on any atom is 0.243 e. The summed E-state index contributed by atoms with van der Waals surface area (Å²) in [5.74, 6) is 0.0591. The fraction of sp³-hybridized carbons (Fsp3) is 0.550. The number of carbonyl (C=O) groups excluding carboxylic acids is 2. The van der Waals surface area contributed by atoms with Crippen LogP contribution in [0.3, 0.4) is 0 Å². The van der Waals surface area contributed by atoms with E-state index >= 15 is 0 Å². The van der Waals surface area contributed by atoms with Crippen molar-refractivity contribution in [3.8, 4) is 0 Å². The fourth-order valence-corrected chi connectivity index (χ4v) is 2.80. The van der Waals surface area contributed by atoms with E-state index in [4.69, 9.17) is 0 Å². The van der Waals surface area contributed by atoms with Gasteiger partial charge in [0.25, 0.3) is 0 Å². The van der Waals surface area contributed by atoms with Gasteiger partial charge in [0.05, 0.1) is 5.71 Å². The number of hydrogen-bond acceptors (Lipinski definition) is 3. The van der Waals surface area contributed by atoms with Crippen molar-refractivity contribution in [2.75, 3.05) is 5.32 Å². The van der Waals surface area contributed by atoms with Gasteiger partial charge in [-0.15, -0.1) is 0 Å². The molecule has 0 heterocycles. The van der Waals surface area contributed by atoms with E-state index in [1.807, 2.05) is 52.0 Å². The van der Waals surface area contributed by atoms with E-state index in [1.54, 1.807) is 0 Å². The zero-order valence-electron chi connectivity index (χ0n) is 15.7. The van der Waals surface area contributed by atoms with Gasteiger partial charge in [0.15, 0.2) is 0 Å². The molecule has 0 radical (unpaired) electrons. The lowest BCUT2D eigenvalue weighted by molar-refractivity contribution is -0.126. The Labute approximate surface area is 150 Å². The van der Waals surface area contributed by atoms with E-state index < -0.39 is 5.41 Å². The number of rotatable bonds is 4. The average Bonchev–Trinajstić information content (AvgIpc) is 2.59. The second kappa shape index (κ2) is 8.28. The van der Waals surface area contributed by atoms with Gasteiger partial charge >= 0.3 is 0 Å². The number of carbonyl (C=O) groups is 2. The zero-order chi connectivity index (χ0) is 18.4. The van der Waals surface area contributed by atoms with E-state index in [0.717, 1.165) is 42.6 Å². The van der Waals surface area contributed by atoms with Gasteiger partial charge in [-0.2, -0.15) is 5.10 Å². The van der Waals surface area contributed by atoms with Crippen LogP contribution in [-0.4, -0.2) is 17.5 Å². The Balaban J connectivity index is 2.01. The highest BCUT2D eigenvalue weighted by atomic mass is 16.2. The van der Waals surface area contributed by atoms with Crippen LogP contribution in [-0.2, 0) is 9.59 Å². The quantitative estimate of drug-likeness (QED) is 0.638. The first-order valence-corrected chi connectivity index (χ1v) is 9.03. The van der Waals surface area contributed by atoms with Crippen molar-refractivity contribution in [2.24, 2.45) is 16.4 Å². The van der Waals surface area contributed by atoms with E-state index in [0.29, 0.717) is 0 Å². The van der Waals surface area contributed by atoms with Crippen LogP contribution in [0.5, 0.6) is 0 Å². The fourth-order valence-electron chi connectivity index (χ4n) is 2.80. The van der Waals surface area contributed by atoms with Crippen molar-refractivity contribution < 1.29 is 9.59 Å². The molecule has 0 unspecified atom stereocenters. The molecular formula is C20H29N3O2. The molecule has 0 atom stereocenters. The minimum absolute atomic E-state index is 0.0104. The van der Waals surface area contributed by atoms with Crippen LogP contribution in [0.2, 0.25) is 0 Å². The van der Waals surface area contributed by atoms with Gasteiger partial charge in [-0.05, 0) is 37.5 Å². The molecular weight excluding hydrogens is 314 g/mol. The number of nitrogens with one attached hydrogen (secondary N) is 2. The molecule has 2 amide bonds. The van der Waals surface area contributed by atoms with Gasteiger partial charge < -0.3 is 5.32 Å². The topological polar surface area (TPSA) is 70.6 Å². The summed E-state index contributed by atoms with van der Waals surface area (Å²) < 4.78 is 0. The molecule has 1 saturated carbocycles. The van der Waals surface area contributed by atoms with Gasteiger partial charge in [-0.3, -0.25) is 9.59 Å². The summed E-state index contributed by atoms with van der Waals surface area (Å²) in [4.78, 5) is 24.3. The molecule has 0 aliphatic heterocycles. The van der Waals surface area contributed by atoms with Crippen molar-refractivity contribution >= 4 is 23.2 Å². The molecule has 1 aliphatic carbocycles. The zero-order valence-corrected chi connectivity index (χ0v) is 15.7. The Morgan fingerprint density at radius 2 is 1.80 bits per heavy atom. The summed E-state index contributed by atoms with van der Waals surface area (Å²) in [5, 5.41) is 7.16. The molecule has 2 rings (SSSR count). The number of hydrogen-bond donors (Lipinski definition) is 2. The Bertz CT molecular complexity index is 653. The minimum atomic E-state index is -0.451. The van der Waals surface area contributed by atoms with Gasteiger partial charge in [0, 0.05) is 17.0 Å². The van der Waals surface area contributed by atoms with Crippen molar-refractivity contribution in [3.05, 3.63) is 29.8 Å². The molecule has 2 N–H and O–H groups in total. The Morgan fingerprint density at radius 3 is 2.44 bits per heavy atom. The molecule has 0 spiro atoms. The third kappa shape index (κ3) is 5.69. The smallest absolute Gasteiger partial charge is 0.243 e. The molecule has 5 heteroatoms. The molecule has 136 valence electrons. The monoisotopic (exact) mass is 343 g/mol. The lowest BCUT2D eigenvalue weighted by atomic mass is 9.89. The summed E-state index contributed by atoms with van der Waals surface area (Å²) in [7, 11) is 0. The van der Waals surface area contributed by atoms with Gasteiger partial charge in [-0.25, -0.2) is 5.43 Å². The number of anilines is 1. The van der Waals surface area contributed by atoms with Gasteiger partial charge in [-0.1, -0.05) is 52.2 Å². The molecule has 1 aromatic rings. The predicted octanol–water partition coefficient (Wildman–Crippen LogP) is 4.09. The van der Waals surface area contributed by atoms with E-state index in [-0.39, 0.29) is 17.7 Å². The van der Waals surface area contributed by atoms with Crippen molar-refractivity contribution in [1.29, 1.82) is 0 Å². The Kier molecular flexibility index (Phi) is 6.34. The lowest BCUT2D eigenvalue weighted by Crippen LogP contribution is -2.29. The first-order valence-electron chi connectivity index (χ1n) is 9.03. The summed E-state index contributed by atoms with van der Waals surface area (Å²) in [6.07, 6.45) is 5.37. The Hall–Kier alpha value is -2.17. The normalized spacial score (nSPS) is 16.4. The van der Waals surface area contributed by atoms with Gasteiger partial charge in [0.1, 0.15) is 0 Å². The van der Waals surface area contributed by atoms with E-state index in [1.165, 1.54) is 6.42 Å². The molecule has 1 aromatic carbocycles. The summed E-state index contributed by atoms with van der Waals surface area (Å²) >= 11 is 0. The lowest BCUT2D eigenvalue weighted by Gasteiger charge is -2.19. The summed E-state index contributed by atoms with van der Waals surface area (Å²) in [6.45, 7) is 7.48. The molecule has 0 saturated heterocycles. The number of hydrazone groups is 1. The molecule has 5 nitrogen and oxygen atoms in total. The average molecular weight is 343 g/mol. The molecule has 0 bridgehead atoms. The third-order valence-corrected chi connectivity index (χ3v) is 4.53. The first-order chi connectivity index (χ1) is 11.8. The van der Waals surface area contributed by atoms with Crippen molar-refractivity contribution in [1.82, 2.24) is 5.43 Å². The van der Waals surface area contributed by atoms with Crippen LogP contribution in [0, 0.1) is 11.3 Å². The first kappa shape index (κ1) is 19.2. The second-order valence-corrected chi connectivity index (χ2v) is 7.79. The van der Waals surface area contributed by atoms with Crippen LogP contribution < -0.4 is 10.7 Å². The van der Waals surface area contributed by atoms with Crippen LogP contribution in [0.25, 0.3) is 0 Å². The second-order valence-electron chi connectivity index (χ2n) is 7.79. The van der Waals surface area contributed by atoms with Crippen LogP contribution in [0.4, 0.5) is 5.69 Å². The van der Waals surface area contributed by atoms with Crippen LogP contribution in [0.1, 0.15) is 65.4 Å². The number of benzene rings is 1. The number of amides is 2. The maximum atomic E-state index is 12.2. The predicted molar refractivity (Wildman–Crippen MR) is 101 cm³/mol. The standard InChI is InChI=1S/C20H29N3O2/c1-14(22-23-18(24)15-9-6-5-7-10-15)16-11-8-12-17(13-16)21-19(25)20(2,3)4/h8,11-13,15H,5-7,9-10H2,1-4H3,(H,21,25)(H,23,24)/b22-14-. The highest BCUT2D eigenvalue weighted by Gasteiger charge is 2.22. The summed E-state index contributed by atoms with van der Waals surface area (Å²) in [6, 6.07) is 7.50. The third-order valence-electron chi connectivity index (χ3n) is 4.53. The molecule has 0 aromatic heterocycles. The van der Waals surface area contributed by atoms with E-state index in [2.05, 4.69) is 15.8 Å². The molecule has 1 aliphatic rings. The number of nitrogens with zero attached hydrogens (tertiary/aromatic N) is 1. The van der Waals surface area contributed by atoms with Crippen LogP contribution >= 0.6 is 0 Å². The largest absolute Gasteiger partial charge is 0.326 e. The van der Waals surface area contributed by atoms with Crippen molar-refractivity contribution in [3.63, 3.8) is 0 Å². The van der Waals surface area contributed by atoms with Crippen molar-refractivity contribution in [2.45, 2.75) is 59.8 Å².